The van der Waals surface area contributed by atoms with Crippen LogP contribution >= 0.6 is 22.7 Å². The number of carbonyl (C=O) groups is 4. The molecule has 36 heavy (non-hydrogen) atoms. The van der Waals surface area contributed by atoms with Crippen molar-refractivity contribution in [1.82, 2.24) is 20.2 Å². The van der Waals surface area contributed by atoms with Gasteiger partial charge >= 0.3 is 12.0 Å². The molecule has 2 N–H and O–H groups in total. The number of aromatic nitrogens is 2. The number of hydrogen-bond acceptors (Lipinski definition) is 11. The first kappa shape index (κ1) is 23.7. The van der Waals surface area contributed by atoms with Gasteiger partial charge in [0.1, 0.15) is 25.3 Å². The third-order valence-corrected chi connectivity index (χ3v) is 6.89. The molecule has 4 heterocycles. The number of imide groups is 1. The summed E-state index contributed by atoms with van der Waals surface area (Å²) in [5.41, 5.74) is 2.66. The van der Waals surface area contributed by atoms with Crippen LogP contribution in [0.1, 0.15) is 27.8 Å². The highest BCUT2D eigenvalue weighted by molar-refractivity contribution is 7.14. The van der Waals surface area contributed by atoms with Gasteiger partial charge in [-0.2, -0.15) is 0 Å². The molecule has 3 aromatic rings. The smallest absolute Gasteiger partial charge is 0.357 e. The third kappa shape index (κ3) is 4.59. The molecule has 1 aromatic carbocycles. The van der Waals surface area contributed by atoms with E-state index in [4.69, 9.17) is 9.47 Å². The quantitative estimate of drug-likeness (QED) is 0.346. The van der Waals surface area contributed by atoms with Gasteiger partial charge < -0.3 is 24.8 Å². The second kappa shape index (κ2) is 9.91. The molecule has 2 aromatic heterocycles. The van der Waals surface area contributed by atoms with Crippen molar-refractivity contribution in [3.8, 4) is 11.5 Å². The van der Waals surface area contributed by atoms with Crippen molar-refractivity contribution in [3.05, 3.63) is 51.4 Å². The van der Waals surface area contributed by atoms with Crippen LogP contribution in [0.3, 0.4) is 0 Å². The molecule has 0 unspecified atom stereocenters. The maximum Gasteiger partial charge on any atom is 0.357 e. The minimum atomic E-state index is -1.22. The molecule has 0 aliphatic carbocycles. The molecule has 2 atom stereocenters. The standard InChI is InChI=1S/C22H19N5O7S2/c1-32-20(30)13-9-36-21(24-13)26-18(28)14(7-12-8-35-10-23-12)27-19(29)17(25-22(27)31)11-2-3-15-16(6-11)34-5-4-33-15/h2-3,6,8-10,14,17H,4-5,7H2,1H3,(H,25,31)(H,24,26,28)/t14-,17+/m0/s1. The van der Waals surface area contributed by atoms with E-state index in [9.17, 15) is 19.2 Å². The zero-order valence-corrected chi connectivity index (χ0v) is 20.4. The number of thiazole rings is 2. The molecule has 14 heteroatoms. The van der Waals surface area contributed by atoms with Crippen LogP contribution in [0.5, 0.6) is 11.5 Å². The SMILES string of the molecule is COC(=O)c1csc(NC(=O)[C@H](Cc2cscn2)N2C(=O)N[C@H](c3ccc4c(c3)OCCO4)C2=O)n1. The minimum Gasteiger partial charge on any atom is -0.486 e. The number of nitrogens with one attached hydrogen (secondary N) is 2. The zero-order chi connectivity index (χ0) is 25.2. The van der Waals surface area contributed by atoms with Crippen LogP contribution in [0, 0.1) is 0 Å². The molecule has 12 nitrogen and oxygen atoms in total. The van der Waals surface area contributed by atoms with Crippen LogP contribution in [-0.2, 0) is 20.7 Å². The van der Waals surface area contributed by atoms with Gasteiger partial charge in [-0.3, -0.25) is 9.59 Å². The third-order valence-electron chi connectivity index (χ3n) is 5.50. The Bertz CT molecular complexity index is 1330. The summed E-state index contributed by atoms with van der Waals surface area (Å²) in [7, 11) is 1.22. The van der Waals surface area contributed by atoms with Gasteiger partial charge in [0.25, 0.3) is 5.91 Å². The Morgan fingerprint density at radius 2 is 2.06 bits per heavy atom. The van der Waals surface area contributed by atoms with Gasteiger partial charge in [0, 0.05) is 17.2 Å². The van der Waals surface area contributed by atoms with Crippen molar-refractivity contribution in [1.29, 1.82) is 0 Å². The van der Waals surface area contributed by atoms with E-state index in [-0.39, 0.29) is 17.2 Å². The summed E-state index contributed by atoms with van der Waals surface area (Å²) in [6.45, 7) is 0.796. The average molecular weight is 530 g/mol. The summed E-state index contributed by atoms with van der Waals surface area (Å²) in [4.78, 5) is 60.5. The summed E-state index contributed by atoms with van der Waals surface area (Å²) >= 11 is 2.34. The summed E-state index contributed by atoms with van der Waals surface area (Å²) in [6, 6.07) is 2.04. The highest BCUT2D eigenvalue weighted by Gasteiger charge is 2.46. The van der Waals surface area contributed by atoms with Gasteiger partial charge in [-0.15, -0.1) is 22.7 Å². The van der Waals surface area contributed by atoms with E-state index >= 15 is 0 Å². The van der Waals surface area contributed by atoms with E-state index in [0.29, 0.717) is 36.0 Å². The number of amides is 4. The predicted molar refractivity (Wildman–Crippen MR) is 127 cm³/mol. The summed E-state index contributed by atoms with van der Waals surface area (Å²) in [5.74, 6) is -0.876. The Morgan fingerprint density at radius 3 is 2.81 bits per heavy atom. The predicted octanol–water partition coefficient (Wildman–Crippen LogP) is 2.00. The Morgan fingerprint density at radius 1 is 1.25 bits per heavy atom. The molecular formula is C22H19N5O7S2. The molecule has 0 spiro atoms. The average Bonchev–Trinajstić information content (AvgIpc) is 3.63. The van der Waals surface area contributed by atoms with Crippen LogP contribution in [0.4, 0.5) is 9.93 Å². The van der Waals surface area contributed by atoms with Crippen LogP contribution < -0.4 is 20.1 Å². The number of methoxy groups -OCH3 is 1. The van der Waals surface area contributed by atoms with Gasteiger partial charge in [0.15, 0.2) is 22.3 Å². The Balaban J connectivity index is 1.40. The molecule has 186 valence electrons. The van der Waals surface area contributed by atoms with Crippen LogP contribution in [0.15, 0.2) is 34.5 Å². The molecule has 0 radical (unpaired) electrons. The zero-order valence-electron chi connectivity index (χ0n) is 18.8. The fraction of sp³-hybridized carbons (Fsp3) is 0.273. The fourth-order valence-electron chi connectivity index (χ4n) is 3.81. The number of fused-ring (bicyclic) bond motifs is 1. The lowest BCUT2D eigenvalue weighted by Gasteiger charge is -2.24. The van der Waals surface area contributed by atoms with Gasteiger partial charge in [-0.25, -0.2) is 24.5 Å². The molecule has 1 fully saturated rings. The largest absolute Gasteiger partial charge is 0.486 e. The lowest BCUT2D eigenvalue weighted by molar-refractivity contribution is -0.134. The topological polar surface area (TPSA) is 149 Å². The van der Waals surface area contributed by atoms with E-state index in [1.165, 1.54) is 23.8 Å². The number of hydrogen-bond donors (Lipinski definition) is 2. The van der Waals surface area contributed by atoms with Crippen LogP contribution in [-0.4, -0.2) is 65.0 Å². The van der Waals surface area contributed by atoms with E-state index in [1.54, 1.807) is 29.1 Å². The molecule has 0 bridgehead atoms. The number of benzene rings is 1. The van der Waals surface area contributed by atoms with Crippen molar-refractivity contribution >= 4 is 51.6 Å². The molecule has 0 saturated carbocycles. The Labute approximate surface area is 212 Å². The highest BCUT2D eigenvalue weighted by atomic mass is 32.1. The van der Waals surface area contributed by atoms with Crippen LogP contribution in [0.2, 0.25) is 0 Å². The summed E-state index contributed by atoms with van der Waals surface area (Å²) < 4.78 is 15.7. The minimum absolute atomic E-state index is 0.00239. The second-order valence-electron chi connectivity index (χ2n) is 7.71. The number of esters is 1. The molecule has 2 aliphatic rings. The maximum atomic E-state index is 13.4. The van der Waals surface area contributed by atoms with Crippen molar-refractivity contribution in [3.63, 3.8) is 0 Å². The second-order valence-corrected chi connectivity index (χ2v) is 9.29. The molecule has 2 aliphatic heterocycles. The Hall–Kier alpha value is -4.04. The lowest BCUT2D eigenvalue weighted by atomic mass is 10.0. The van der Waals surface area contributed by atoms with Crippen molar-refractivity contribution in [2.75, 3.05) is 25.6 Å². The van der Waals surface area contributed by atoms with E-state index in [0.717, 1.165) is 16.2 Å². The van der Waals surface area contributed by atoms with Gasteiger partial charge in [-0.1, -0.05) is 6.07 Å². The summed E-state index contributed by atoms with van der Waals surface area (Å²) in [5, 5.41) is 8.53. The first-order chi connectivity index (χ1) is 17.4. The van der Waals surface area contributed by atoms with Gasteiger partial charge in [0.05, 0.1) is 18.3 Å². The number of nitrogens with zero attached hydrogens (tertiary/aromatic N) is 3. The first-order valence-corrected chi connectivity index (χ1v) is 12.5. The van der Waals surface area contributed by atoms with E-state index < -0.39 is 35.9 Å². The molecular weight excluding hydrogens is 510 g/mol. The molecule has 4 amide bonds. The van der Waals surface area contributed by atoms with E-state index in [2.05, 4.69) is 25.3 Å². The van der Waals surface area contributed by atoms with Gasteiger partial charge in [0.2, 0.25) is 5.91 Å². The molecule has 1 saturated heterocycles. The summed E-state index contributed by atoms with van der Waals surface area (Å²) in [6.07, 6.45) is -0.00239. The molecule has 5 rings (SSSR count). The number of rotatable bonds is 7. The lowest BCUT2D eigenvalue weighted by Crippen LogP contribution is -2.49. The number of carbonyl (C=O) groups excluding carboxylic acids is 4. The van der Waals surface area contributed by atoms with Crippen molar-refractivity contribution in [2.24, 2.45) is 0 Å². The van der Waals surface area contributed by atoms with Gasteiger partial charge in [-0.05, 0) is 17.7 Å². The number of urea groups is 1. The maximum absolute atomic E-state index is 13.4. The van der Waals surface area contributed by atoms with Crippen LogP contribution in [0.25, 0.3) is 0 Å². The number of ether oxygens (including phenoxy) is 3. The monoisotopic (exact) mass is 529 g/mol. The first-order valence-electron chi connectivity index (χ1n) is 10.7. The Kier molecular flexibility index (Phi) is 6.52. The fourth-order valence-corrected chi connectivity index (χ4v) is 5.06. The van der Waals surface area contributed by atoms with E-state index in [1.807, 2.05) is 0 Å². The van der Waals surface area contributed by atoms with Crippen molar-refractivity contribution in [2.45, 2.75) is 18.5 Å². The normalized spacial score (nSPS) is 17.5. The van der Waals surface area contributed by atoms with Crippen molar-refractivity contribution < 1.29 is 33.4 Å². The number of anilines is 1. The highest BCUT2D eigenvalue weighted by Crippen LogP contribution is 2.35.